The highest BCUT2D eigenvalue weighted by molar-refractivity contribution is 9.10. The Morgan fingerprint density at radius 2 is 1.89 bits per heavy atom. The van der Waals surface area contributed by atoms with Gasteiger partial charge in [0, 0.05) is 34.4 Å². The number of hydrogen-bond donors (Lipinski definition) is 2. The largest absolute Gasteiger partial charge is 0.588 e. The first-order valence-electron chi connectivity index (χ1n) is 11.3. The van der Waals surface area contributed by atoms with Crippen molar-refractivity contribution in [2.45, 2.75) is 43.0 Å². The van der Waals surface area contributed by atoms with Crippen LogP contribution < -0.4 is 15.2 Å². The summed E-state index contributed by atoms with van der Waals surface area (Å²) in [4.78, 5) is 8.22. The van der Waals surface area contributed by atoms with Crippen molar-refractivity contribution >= 4 is 49.8 Å². The van der Waals surface area contributed by atoms with Crippen molar-refractivity contribution in [3.63, 3.8) is 0 Å². The quantitative estimate of drug-likeness (QED) is 0.189. The third-order valence-corrected chi connectivity index (χ3v) is 7.81. The summed E-state index contributed by atoms with van der Waals surface area (Å²) in [6, 6.07) is 8.12. The lowest BCUT2D eigenvalue weighted by atomic mass is 10.1. The Morgan fingerprint density at radius 3 is 2.59 bits per heavy atom. The number of nitrogens with zero attached hydrogens (tertiary/aromatic N) is 3. The molecule has 7 nitrogen and oxygen atoms in total. The van der Waals surface area contributed by atoms with Gasteiger partial charge in [-0.15, -0.1) is 13.2 Å². The molecule has 194 valence electrons. The molecule has 1 unspecified atom stereocenters. The standard InChI is InChI=1S/C24H20BrF4N5O2S/c25-14-6-8-20(19(10-14)36-24(27,28)29)37(35)33-18-7-5-13(9-17(18)26)16-11-34(15-3-1-2-4-15)23-21(16)22(30)31-12-32-23/h5-12,15,33H,1-4H2,(H2,30,31,32). The second-order valence-electron chi connectivity index (χ2n) is 8.55. The smallest absolute Gasteiger partial charge is 0.573 e. The average molecular weight is 598 g/mol. The lowest BCUT2D eigenvalue weighted by molar-refractivity contribution is -0.275. The van der Waals surface area contributed by atoms with Crippen LogP contribution in [0.2, 0.25) is 0 Å². The Morgan fingerprint density at radius 1 is 1.14 bits per heavy atom. The number of ether oxygens (including phenoxy) is 1. The monoisotopic (exact) mass is 597 g/mol. The van der Waals surface area contributed by atoms with E-state index in [9.17, 15) is 17.7 Å². The molecule has 2 aromatic heterocycles. The van der Waals surface area contributed by atoms with E-state index in [1.165, 1.54) is 30.6 Å². The van der Waals surface area contributed by atoms with Crippen molar-refractivity contribution in [3.8, 4) is 16.9 Å². The van der Waals surface area contributed by atoms with Crippen LogP contribution in [0, 0.1) is 5.82 Å². The van der Waals surface area contributed by atoms with Crippen LogP contribution in [-0.4, -0.2) is 25.5 Å². The van der Waals surface area contributed by atoms with Gasteiger partial charge in [-0.1, -0.05) is 34.8 Å². The summed E-state index contributed by atoms with van der Waals surface area (Å²) < 4.78 is 75.2. The second kappa shape index (κ2) is 10.0. The summed E-state index contributed by atoms with van der Waals surface area (Å²) in [7, 11) is 0. The van der Waals surface area contributed by atoms with Gasteiger partial charge in [0.05, 0.1) is 5.39 Å². The molecule has 0 aliphatic heterocycles. The third-order valence-electron chi connectivity index (χ3n) is 6.17. The molecule has 0 amide bonds. The number of rotatable bonds is 6. The van der Waals surface area contributed by atoms with Gasteiger partial charge in [0.1, 0.15) is 34.8 Å². The predicted octanol–water partition coefficient (Wildman–Crippen LogP) is 6.73. The number of fused-ring (bicyclic) bond motifs is 1. The van der Waals surface area contributed by atoms with Gasteiger partial charge < -0.3 is 19.6 Å². The zero-order valence-electron chi connectivity index (χ0n) is 19.1. The molecule has 2 heterocycles. The lowest BCUT2D eigenvalue weighted by Crippen LogP contribution is -2.21. The van der Waals surface area contributed by atoms with Gasteiger partial charge in [0.15, 0.2) is 11.6 Å². The fourth-order valence-corrected chi connectivity index (χ4v) is 5.84. The number of benzene rings is 2. The molecule has 0 radical (unpaired) electrons. The van der Waals surface area contributed by atoms with E-state index in [-0.39, 0.29) is 22.4 Å². The van der Waals surface area contributed by atoms with E-state index in [1.54, 1.807) is 6.07 Å². The van der Waals surface area contributed by atoms with Crippen LogP contribution in [0.4, 0.5) is 29.1 Å². The number of alkyl halides is 3. The molecular formula is C24H20BrF4N5O2S. The summed E-state index contributed by atoms with van der Waals surface area (Å²) in [6.45, 7) is 0. The Balaban J connectivity index is 1.46. The van der Waals surface area contributed by atoms with Gasteiger partial charge >= 0.3 is 6.36 Å². The van der Waals surface area contributed by atoms with Gasteiger partial charge in [0.25, 0.3) is 0 Å². The van der Waals surface area contributed by atoms with Crippen LogP contribution in [0.5, 0.6) is 5.75 Å². The molecule has 0 spiro atoms. The molecule has 2 aromatic carbocycles. The number of anilines is 2. The fourth-order valence-electron chi connectivity index (χ4n) is 4.55. The molecule has 1 aliphatic rings. The molecular weight excluding hydrogens is 578 g/mol. The van der Waals surface area contributed by atoms with Gasteiger partial charge in [-0.3, -0.25) is 0 Å². The lowest BCUT2D eigenvalue weighted by Gasteiger charge is -2.17. The van der Waals surface area contributed by atoms with E-state index in [2.05, 4.69) is 39.9 Å². The number of nitrogens with one attached hydrogen (secondary N) is 1. The maximum absolute atomic E-state index is 15.2. The molecule has 0 saturated heterocycles. The van der Waals surface area contributed by atoms with E-state index in [4.69, 9.17) is 5.73 Å². The molecule has 1 fully saturated rings. The van der Waals surface area contributed by atoms with E-state index in [0.717, 1.165) is 31.7 Å². The Hall–Kier alpha value is -3.03. The average Bonchev–Trinajstić information content (AvgIpc) is 3.48. The Bertz CT molecular complexity index is 1460. The molecule has 5 rings (SSSR count). The topological polar surface area (TPSA) is 101 Å². The van der Waals surface area contributed by atoms with Crippen LogP contribution in [0.1, 0.15) is 31.7 Å². The predicted molar refractivity (Wildman–Crippen MR) is 136 cm³/mol. The van der Waals surface area contributed by atoms with Crippen LogP contribution in [0.3, 0.4) is 0 Å². The highest BCUT2D eigenvalue weighted by atomic mass is 79.9. The SMILES string of the molecule is Nc1ncnc2c1c(-c1ccc(N[S+]([O-])c3ccc(Br)cc3OC(F)(F)F)c(F)c1)cn2C1CCCC1. The summed E-state index contributed by atoms with van der Waals surface area (Å²) in [5.41, 5.74) is 7.83. The number of hydrogen-bond acceptors (Lipinski definition) is 6. The molecule has 1 atom stereocenters. The summed E-state index contributed by atoms with van der Waals surface area (Å²) in [6.07, 6.45) is 2.54. The van der Waals surface area contributed by atoms with Crippen molar-refractivity contribution in [2.24, 2.45) is 0 Å². The highest BCUT2D eigenvalue weighted by Crippen LogP contribution is 2.40. The molecule has 13 heteroatoms. The summed E-state index contributed by atoms with van der Waals surface area (Å²) >= 11 is 0.807. The van der Waals surface area contributed by atoms with E-state index < -0.39 is 29.3 Å². The van der Waals surface area contributed by atoms with Crippen molar-refractivity contribution in [1.82, 2.24) is 14.5 Å². The third kappa shape index (κ3) is 5.34. The first-order chi connectivity index (χ1) is 17.6. The van der Waals surface area contributed by atoms with E-state index >= 15 is 4.39 Å². The number of halogens is 5. The van der Waals surface area contributed by atoms with Crippen LogP contribution in [0.15, 0.2) is 58.3 Å². The number of nitrogen functional groups attached to an aromatic ring is 1. The van der Waals surface area contributed by atoms with Crippen molar-refractivity contribution < 1.29 is 26.9 Å². The highest BCUT2D eigenvalue weighted by Gasteiger charge is 2.35. The van der Waals surface area contributed by atoms with E-state index in [0.29, 0.717) is 26.6 Å². The minimum atomic E-state index is -4.99. The maximum Gasteiger partial charge on any atom is 0.573 e. The molecule has 0 bridgehead atoms. The molecule has 1 saturated carbocycles. The van der Waals surface area contributed by atoms with E-state index in [1.807, 2.05) is 6.20 Å². The number of nitrogens with two attached hydrogens (primary N) is 1. The van der Waals surface area contributed by atoms with Crippen LogP contribution in [-0.2, 0) is 11.4 Å². The molecule has 3 N–H and O–H groups in total. The minimum absolute atomic E-state index is 0.160. The summed E-state index contributed by atoms with van der Waals surface area (Å²) in [5.74, 6) is -1.15. The van der Waals surface area contributed by atoms with Gasteiger partial charge in [-0.05, 0) is 36.6 Å². The molecule has 1 aliphatic carbocycles. The van der Waals surface area contributed by atoms with Crippen molar-refractivity contribution in [3.05, 3.63) is 59.2 Å². The molecule has 4 aromatic rings. The maximum atomic E-state index is 15.2. The minimum Gasteiger partial charge on any atom is -0.588 e. The zero-order valence-corrected chi connectivity index (χ0v) is 21.5. The fraction of sp³-hybridized carbons (Fsp3) is 0.250. The number of aromatic nitrogens is 3. The van der Waals surface area contributed by atoms with Crippen molar-refractivity contribution in [1.29, 1.82) is 0 Å². The first-order valence-corrected chi connectivity index (χ1v) is 13.2. The van der Waals surface area contributed by atoms with Gasteiger partial charge in [0.2, 0.25) is 4.90 Å². The van der Waals surface area contributed by atoms with Crippen LogP contribution in [0.25, 0.3) is 22.2 Å². The van der Waals surface area contributed by atoms with Crippen LogP contribution >= 0.6 is 15.9 Å². The van der Waals surface area contributed by atoms with Gasteiger partial charge in [-0.2, -0.15) is 0 Å². The Labute approximate surface area is 220 Å². The second-order valence-corrected chi connectivity index (χ2v) is 10.6. The zero-order chi connectivity index (χ0) is 26.3. The van der Waals surface area contributed by atoms with Gasteiger partial charge in [-0.25, -0.2) is 19.1 Å². The normalized spacial score (nSPS) is 15.3. The summed E-state index contributed by atoms with van der Waals surface area (Å²) in [5, 5.41) is 0.613. The van der Waals surface area contributed by atoms with Crippen molar-refractivity contribution in [2.75, 3.05) is 10.5 Å². The molecule has 37 heavy (non-hydrogen) atoms. The Kier molecular flexibility index (Phi) is 6.94. The first kappa shape index (κ1) is 25.6.